The summed E-state index contributed by atoms with van der Waals surface area (Å²) in [6.45, 7) is 0. The van der Waals surface area contributed by atoms with E-state index in [-0.39, 0.29) is 11.0 Å². The molecule has 3 rings (SSSR count). The smallest absolute Gasteiger partial charge is 0.269 e. The third-order valence-electron chi connectivity index (χ3n) is 2.95. The fourth-order valence-corrected chi connectivity index (χ4v) is 3.67. The van der Waals surface area contributed by atoms with Crippen molar-refractivity contribution in [2.45, 2.75) is 0 Å². The van der Waals surface area contributed by atoms with Gasteiger partial charge in [-0.25, -0.2) is 4.98 Å². The van der Waals surface area contributed by atoms with Crippen LogP contribution in [0.3, 0.4) is 0 Å². The first-order valence-electron chi connectivity index (χ1n) is 6.45. The molecule has 2 heterocycles. The van der Waals surface area contributed by atoms with Crippen molar-refractivity contribution >= 4 is 73.5 Å². The molecule has 2 aromatic heterocycles. The molecule has 3 aromatic rings. The fourth-order valence-electron chi connectivity index (χ4n) is 1.93. The summed E-state index contributed by atoms with van der Waals surface area (Å²) in [7, 11) is 0. The summed E-state index contributed by atoms with van der Waals surface area (Å²) in [4.78, 5) is 16.7. The van der Waals surface area contributed by atoms with Crippen molar-refractivity contribution in [3.8, 4) is 0 Å². The van der Waals surface area contributed by atoms with Crippen LogP contribution in [0.4, 0.5) is 5.69 Å². The van der Waals surface area contributed by atoms with Crippen molar-refractivity contribution < 1.29 is 4.79 Å². The van der Waals surface area contributed by atoms with Crippen LogP contribution in [0.1, 0.15) is 9.67 Å². The van der Waals surface area contributed by atoms with Gasteiger partial charge in [0.05, 0.1) is 16.9 Å². The molecule has 0 bridgehead atoms. The van der Waals surface area contributed by atoms with E-state index >= 15 is 0 Å². The zero-order chi connectivity index (χ0) is 16.4. The number of anilines is 1. The highest BCUT2D eigenvalue weighted by Crippen LogP contribution is 2.34. The monoisotopic (exact) mass is 381 g/mol. The summed E-state index contributed by atoms with van der Waals surface area (Å²) in [6.07, 6.45) is 1.52. The summed E-state index contributed by atoms with van der Waals surface area (Å²) in [5.74, 6) is -0.351. The number of benzene rings is 1. The van der Waals surface area contributed by atoms with Crippen molar-refractivity contribution in [3.05, 3.63) is 57.6 Å². The number of amides is 1. The van der Waals surface area contributed by atoms with Crippen molar-refractivity contribution in [1.82, 2.24) is 10.3 Å². The van der Waals surface area contributed by atoms with Crippen LogP contribution in [0.2, 0.25) is 10.2 Å². The first-order chi connectivity index (χ1) is 11.0. The van der Waals surface area contributed by atoms with Gasteiger partial charge in [0, 0.05) is 10.1 Å². The molecule has 0 fully saturated rings. The lowest BCUT2D eigenvalue weighted by Crippen LogP contribution is -2.33. The van der Waals surface area contributed by atoms with Crippen molar-refractivity contribution in [3.63, 3.8) is 0 Å². The van der Waals surface area contributed by atoms with E-state index < -0.39 is 0 Å². The number of fused-ring (bicyclic) bond motifs is 1. The molecule has 1 amide bonds. The van der Waals surface area contributed by atoms with Crippen molar-refractivity contribution in [2.24, 2.45) is 0 Å². The maximum absolute atomic E-state index is 12.3. The van der Waals surface area contributed by atoms with Crippen LogP contribution in [-0.2, 0) is 0 Å². The molecule has 0 aliphatic rings. The van der Waals surface area contributed by atoms with E-state index in [1.165, 1.54) is 17.5 Å². The van der Waals surface area contributed by atoms with Gasteiger partial charge in [0.25, 0.3) is 5.91 Å². The van der Waals surface area contributed by atoms with Gasteiger partial charge in [-0.1, -0.05) is 41.4 Å². The fraction of sp³-hybridized carbons (Fsp3) is 0. The number of halogens is 2. The lowest BCUT2D eigenvalue weighted by Gasteiger charge is -2.08. The second-order valence-corrected chi connectivity index (χ2v) is 6.74. The number of hydrogen-bond donors (Lipinski definition) is 2. The normalized spacial score (nSPS) is 10.5. The minimum Gasteiger partial charge on any atom is -0.331 e. The third-order valence-corrected chi connectivity index (χ3v) is 5.06. The predicted octanol–water partition coefficient (Wildman–Crippen LogP) is 4.73. The molecule has 0 aliphatic carbocycles. The molecule has 0 saturated heterocycles. The van der Waals surface area contributed by atoms with Crippen LogP contribution >= 0.6 is 46.8 Å². The molecule has 0 spiro atoms. The van der Waals surface area contributed by atoms with Crippen LogP contribution < -0.4 is 10.6 Å². The van der Waals surface area contributed by atoms with E-state index in [1.807, 2.05) is 24.3 Å². The number of hydrogen-bond acceptors (Lipinski definition) is 4. The standard InChI is InChI=1S/C15H9Cl2N3OS2/c16-11-6-5-8(7-18-11)19-15(22)20-14(21)13-12(17)9-3-1-2-4-10(9)23-13/h1-7H,(H2,19,20,21,22). The topological polar surface area (TPSA) is 54.0 Å². The van der Waals surface area contributed by atoms with E-state index in [9.17, 15) is 4.79 Å². The number of nitrogens with one attached hydrogen (secondary N) is 2. The van der Waals surface area contributed by atoms with Gasteiger partial charge < -0.3 is 5.32 Å². The number of carbonyl (C=O) groups excluding carboxylic acids is 1. The van der Waals surface area contributed by atoms with Gasteiger partial charge >= 0.3 is 0 Å². The molecule has 0 aliphatic heterocycles. The number of thiophene rings is 1. The molecule has 23 heavy (non-hydrogen) atoms. The summed E-state index contributed by atoms with van der Waals surface area (Å²) >= 11 is 18.4. The number of thiocarbonyl (C=S) groups is 1. The van der Waals surface area contributed by atoms with Crippen LogP contribution in [0.5, 0.6) is 0 Å². The minimum absolute atomic E-state index is 0.160. The summed E-state index contributed by atoms with van der Waals surface area (Å²) in [5, 5.41) is 7.29. The highest BCUT2D eigenvalue weighted by molar-refractivity contribution is 7.80. The van der Waals surface area contributed by atoms with Crippen LogP contribution in [0.25, 0.3) is 10.1 Å². The quantitative estimate of drug-likeness (QED) is 0.497. The molecule has 116 valence electrons. The lowest BCUT2D eigenvalue weighted by atomic mass is 10.2. The Morgan fingerprint density at radius 3 is 2.65 bits per heavy atom. The Balaban J connectivity index is 1.73. The second kappa shape index (κ2) is 6.80. The second-order valence-electron chi connectivity index (χ2n) is 4.52. The summed E-state index contributed by atoms with van der Waals surface area (Å²) in [5.41, 5.74) is 0.627. The molecule has 0 saturated carbocycles. The van der Waals surface area contributed by atoms with Gasteiger partial charge in [0.1, 0.15) is 10.0 Å². The Labute approximate surface area is 151 Å². The Morgan fingerprint density at radius 1 is 1.17 bits per heavy atom. The average molecular weight is 382 g/mol. The third kappa shape index (κ3) is 3.61. The molecule has 8 heteroatoms. The molecule has 0 unspecified atom stereocenters. The molecular weight excluding hydrogens is 373 g/mol. The van der Waals surface area contributed by atoms with E-state index in [0.717, 1.165) is 10.1 Å². The van der Waals surface area contributed by atoms with Crippen molar-refractivity contribution in [1.29, 1.82) is 0 Å². The summed E-state index contributed by atoms with van der Waals surface area (Å²) < 4.78 is 0.948. The average Bonchev–Trinajstić information content (AvgIpc) is 2.87. The van der Waals surface area contributed by atoms with Crippen LogP contribution in [0, 0.1) is 0 Å². The zero-order valence-corrected chi connectivity index (χ0v) is 14.6. The van der Waals surface area contributed by atoms with E-state index in [2.05, 4.69) is 15.6 Å². The van der Waals surface area contributed by atoms with E-state index in [4.69, 9.17) is 35.4 Å². The first kappa shape index (κ1) is 16.1. The van der Waals surface area contributed by atoms with Gasteiger partial charge in [-0.15, -0.1) is 11.3 Å². The van der Waals surface area contributed by atoms with Gasteiger partial charge in [-0.05, 0) is 30.4 Å². The Morgan fingerprint density at radius 2 is 1.96 bits per heavy atom. The zero-order valence-electron chi connectivity index (χ0n) is 11.5. The molecule has 0 radical (unpaired) electrons. The molecule has 1 aromatic carbocycles. The highest BCUT2D eigenvalue weighted by Gasteiger charge is 2.17. The van der Waals surface area contributed by atoms with Crippen molar-refractivity contribution in [2.75, 3.05) is 5.32 Å². The van der Waals surface area contributed by atoms with E-state index in [0.29, 0.717) is 20.7 Å². The number of nitrogens with zero attached hydrogens (tertiary/aromatic N) is 1. The SMILES string of the molecule is O=C(NC(=S)Nc1ccc(Cl)nc1)c1sc2ccccc2c1Cl. The van der Waals surface area contributed by atoms with E-state index in [1.54, 1.807) is 12.1 Å². The number of pyridine rings is 1. The summed E-state index contributed by atoms with van der Waals surface area (Å²) in [6, 6.07) is 10.9. The Hall–Kier alpha value is -1.73. The first-order valence-corrected chi connectivity index (χ1v) is 8.43. The molecule has 2 N–H and O–H groups in total. The maximum Gasteiger partial charge on any atom is 0.269 e. The van der Waals surface area contributed by atoms with Gasteiger partial charge in [-0.2, -0.15) is 0 Å². The predicted molar refractivity (Wildman–Crippen MR) is 99.8 cm³/mol. The molecular formula is C15H9Cl2N3OS2. The molecule has 4 nitrogen and oxygen atoms in total. The van der Waals surface area contributed by atoms with Crippen LogP contribution in [-0.4, -0.2) is 16.0 Å². The Bertz CT molecular complexity index is 893. The van der Waals surface area contributed by atoms with Gasteiger partial charge in [-0.3, -0.25) is 10.1 Å². The highest BCUT2D eigenvalue weighted by atomic mass is 35.5. The lowest BCUT2D eigenvalue weighted by molar-refractivity contribution is 0.0982. The number of aromatic nitrogens is 1. The minimum atomic E-state index is -0.351. The Kier molecular flexibility index (Phi) is 4.77. The van der Waals surface area contributed by atoms with Gasteiger partial charge in [0.2, 0.25) is 0 Å². The largest absolute Gasteiger partial charge is 0.331 e. The van der Waals surface area contributed by atoms with Crippen LogP contribution in [0.15, 0.2) is 42.6 Å². The molecule has 0 atom stereocenters. The number of carbonyl (C=O) groups is 1. The number of rotatable bonds is 2. The maximum atomic E-state index is 12.3. The van der Waals surface area contributed by atoms with Gasteiger partial charge in [0.15, 0.2) is 5.11 Å².